The normalized spacial score (nSPS) is 9.12. The van der Waals surface area contributed by atoms with Gasteiger partial charge in [0.15, 0.2) is 0 Å². The Balaban J connectivity index is 0.00000225. The van der Waals surface area contributed by atoms with Gasteiger partial charge in [-0.3, -0.25) is 0 Å². The third-order valence-corrected chi connectivity index (χ3v) is 1.85. The number of anilines is 2. The van der Waals surface area contributed by atoms with Gasteiger partial charge in [-0.15, -0.1) is 12.4 Å². The number of carboxylic acids is 1. The van der Waals surface area contributed by atoms with Crippen LogP contribution in [0.4, 0.5) is 11.5 Å². The van der Waals surface area contributed by atoms with E-state index < -0.39 is 5.97 Å². The molecule has 0 unspecified atom stereocenters. The van der Waals surface area contributed by atoms with Crippen LogP contribution < -0.4 is 10.6 Å². The van der Waals surface area contributed by atoms with Gasteiger partial charge in [-0.2, -0.15) is 0 Å². The maximum atomic E-state index is 10.7. The zero-order valence-electron chi connectivity index (χ0n) is 9.28. The summed E-state index contributed by atoms with van der Waals surface area (Å²) in [4.78, 5) is 14.8. The summed E-state index contributed by atoms with van der Waals surface area (Å²) in [6, 6.07) is 1.58. The minimum absolute atomic E-state index is 0. The highest BCUT2D eigenvalue weighted by atomic mass is 35.5. The van der Waals surface area contributed by atoms with E-state index in [0.717, 1.165) is 18.8 Å². The Morgan fingerprint density at radius 2 is 2.00 bits per heavy atom. The van der Waals surface area contributed by atoms with Crippen molar-refractivity contribution in [1.29, 1.82) is 0 Å². The van der Waals surface area contributed by atoms with Crippen LogP contribution in [0.15, 0.2) is 12.3 Å². The lowest BCUT2D eigenvalue weighted by molar-refractivity contribution is 0.0696. The number of hydrogen-bond donors (Lipinski definition) is 3. The molecule has 0 radical (unpaired) electrons. The van der Waals surface area contributed by atoms with Crippen molar-refractivity contribution in [2.75, 3.05) is 23.7 Å². The maximum absolute atomic E-state index is 10.7. The third kappa shape index (κ3) is 3.58. The van der Waals surface area contributed by atoms with Crippen LogP contribution in [-0.4, -0.2) is 29.1 Å². The number of aromatic nitrogens is 1. The van der Waals surface area contributed by atoms with Gasteiger partial charge in [0, 0.05) is 19.3 Å². The lowest BCUT2D eigenvalue weighted by Crippen LogP contribution is -2.08. The van der Waals surface area contributed by atoms with Gasteiger partial charge in [0.1, 0.15) is 5.82 Å². The topological polar surface area (TPSA) is 74.2 Å². The summed E-state index contributed by atoms with van der Waals surface area (Å²) in [6.07, 6.45) is 1.35. The Bertz CT molecular complexity index is 358. The van der Waals surface area contributed by atoms with Gasteiger partial charge in [-0.1, -0.05) is 0 Å². The maximum Gasteiger partial charge on any atom is 0.337 e. The molecule has 0 amide bonds. The zero-order valence-corrected chi connectivity index (χ0v) is 10.1. The van der Waals surface area contributed by atoms with Crippen LogP contribution in [0.5, 0.6) is 0 Å². The molecule has 6 heteroatoms. The van der Waals surface area contributed by atoms with E-state index in [9.17, 15) is 4.79 Å². The molecule has 0 spiro atoms. The van der Waals surface area contributed by atoms with Crippen LogP contribution in [-0.2, 0) is 0 Å². The SMILES string of the molecule is CCNc1cc(C(=O)O)cnc1NCC.Cl. The number of hydrogen-bond acceptors (Lipinski definition) is 4. The minimum atomic E-state index is -0.968. The molecule has 0 saturated carbocycles. The summed E-state index contributed by atoms with van der Waals surface area (Å²) in [5.74, 6) is -0.283. The second-order valence-corrected chi connectivity index (χ2v) is 2.99. The molecule has 0 aliphatic carbocycles. The first-order chi connectivity index (χ1) is 7.19. The summed E-state index contributed by atoms with van der Waals surface area (Å²) in [6.45, 7) is 5.38. The Kier molecular flexibility index (Phi) is 6.25. The van der Waals surface area contributed by atoms with Gasteiger partial charge in [0.2, 0.25) is 0 Å². The third-order valence-electron chi connectivity index (χ3n) is 1.85. The lowest BCUT2D eigenvalue weighted by Gasteiger charge is -2.11. The summed E-state index contributed by atoms with van der Waals surface area (Å²) in [5.41, 5.74) is 0.909. The molecule has 0 atom stereocenters. The van der Waals surface area contributed by atoms with E-state index in [1.165, 1.54) is 6.20 Å². The molecule has 16 heavy (non-hydrogen) atoms. The first kappa shape index (κ1) is 14.5. The van der Waals surface area contributed by atoms with Gasteiger partial charge >= 0.3 is 5.97 Å². The van der Waals surface area contributed by atoms with Gasteiger partial charge in [0.05, 0.1) is 11.3 Å². The van der Waals surface area contributed by atoms with E-state index in [2.05, 4.69) is 15.6 Å². The number of nitrogens with one attached hydrogen (secondary N) is 2. The van der Waals surface area contributed by atoms with Crippen LogP contribution in [0.1, 0.15) is 24.2 Å². The van der Waals surface area contributed by atoms with Crippen molar-refractivity contribution in [3.8, 4) is 0 Å². The summed E-state index contributed by atoms with van der Waals surface area (Å²) in [5, 5.41) is 14.9. The fourth-order valence-electron chi connectivity index (χ4n) is 1.22. The van der Waals surface area contributed by atoms with Gasteiger partial charge in [-0.25, -0.2) is 9.78 Å². The molecule has 1 heterocycles. The molecule has 3 N–H and O–H groups in total. The highest BCUT2D eigenvalue weighted by Crippen LogP contribution is 2.19. The zero-order chi connectivity index (χ0) is 11.3. The van der Waals surface area contributed by atoms with Crippen LogP contribution >= 0.6 is 12.4 Å². The molecule has 0 bridgehead atoms. The molecule has 1 aromatic rings. The van der Waals surface area contributed by atoms with Crippen LogP contribution in [0.25, 0.3) is 0 Å². The van der Waals surface area contributed by atoms with E-state index in [4.69, 9.17) is 5.11 Å². The standard InChI is InChI=1S/C10H15N3O2.ClH/c1-3-11-8-5-7(10(14)15)6-13-9(8)12-4-2;/h5-6,11H,3-4H2,1-2H3,(H,12,13)(H,14,15);1H. The van der Waals surface area contributed by atoms with Crippen molar-refractivity contribution >= 4 is 29.9 Å². The fourth-order valence-corrected chi connectivity index (χ4v) is 1.22. The summed E-state index contributed by atoms with van der Waals surface area (Å²) < 4.78 is 0. The van der Waals surface area contributed by atoms with Gasteiger partial charge in [-0.05, 0) is 19.9 Å². The Morgan fingerprint density at radius 1 is 1.38 bits per heavy atom. The van der Waals surface area contributed by atoms with E-state index in [1.807, 2.05) is 13.8 Å². The average Bonchev–Trinajstić information content (AvgIpc) is 2.21. The largest absolute Gasteiger partial charge is 0.478 e. The molecule has 0 aliphatic rings. The summed E-state index contributed by atoms with van der Waals surface area (Å²) in [7, 11) is 0. The molecule has 1 aromatic heterocycles. The van der Waals surface area contributed by atoms with Crippen molar-refractivity contribution in [2.24, 2.45) is 0 Å². The quantitative estimate of drug-likeness (QED) is 0.741. The predicted molar refractivity (Wildman–Crippen MR) is 66.8 cm³/mol. The average molecular weight is 246 g/mol. The highest BCUT2D eigenvalue weighted by Gasteiger charge is 2.08. The van der Waals surface area contributed by atoms with Crippen molar-refractivity contribution in [2.45, 2.75) is 13.8 Å². The molecular formula is C10H16ClN3O2. The number of pyridine rings is 1. The second-order valence-electron chi connectivity index (χ2n) is 2.99. The molecule has 90 valence electrons. The predicted octanol–water partition coefficient (Wildman–Crippen LogP) is 2.07. The Labute approximate surface area is 101 Å². The molecular weight excluding hydrogens is 230 g/mol. The number of carboxylic acid groups (broad SMARTS) is 1. The number of rotatable bonds is 5. The smallest absolute Gasteiger partial charge is 0.337 e. The van der Waals surface area contributed by atoms with Crippen LogP contribution in [0.2, 0.25) is 0 Å². The van der Waals surface area contributed by atoms with Crippen molar-refractivity contribution in [1.82, 2.24) is 4.98 Å². The fraction of sp³-hybridized carbons (Fsp3) is 0.400. The molecule has 0 fully saturated rings. The van der Waals surface area contributed by atoms with Crippen LogP contribution in [0.3, 0.4) is 0 Å². The van der Waals surface area contributed by atoms with Crippen molar-refractivity contribution < 1.29 is 9.90 Å². The number of nitrogens with zero attached hydrogens (tertiary/aromatic N) is 1. The first-order valence-corrected chi connectivity index (χ1v) is 4.90. The lowest BCUT2D eigenvalue weighted by atomic mass is 10.2. The number of halogens is 1. The Hall–Kier alpha value is -1.49. The monoisotopic (exact) mass is 245 g/mol. The van der Waals surface area contributed by atoms with Crippen LogP contribution in [0, 0.1) is 0 Å². The van der Waals surface area contributed by atoms with E-state index in [-0.39, 0.29) is 18.0 Å². The van der Waals surface area contributed by atoms with Gasteiger partial charge < -0.3 is 15.7 Å². The van der Waals surface area contributed by atoms with Crippen molar-refractivity contribution in [3.05, 3.63) is 17.8 Å². The molecule has 0 aromatic carbocycles. The summed E-state index contributed by atoms with van der Waals surface area (Å²) >= 11 is 0. The van der Waals surface area contributed by atoms with E-state index >= 15 is 0 Å². The number of aromatic carboxylic acids is 1. The molecule has 5 nitrogen and oxygen atoms in total. The first-order valence-electron chi connectivity index (χ1n) is 4.90. The number of carbonyl (C=O) groups is 1. The van der Waals surface area contributed by atoms with E-state index in [1.54, 1.807) is 6.07 Å². The molecule has 0 aliphatic heterocycles. The minimum Gasteiger partial charge on any atom is -0.478 e. The molecule has 1 rings (SSSR count). The molecule has 0 saturated heterocycles. The van der Waals surface area contributed by atoms with Gasteiger partial charge in [0.25, 0.3) is 0 Å². The second kappa shape index (κ2) is 6.90. The van der Waals surface area contributed by atoms with E-state index in [0.29, 0.717) is 5.82 Å². The highest BCUT2D eigenvalue weighted by molar-refractivity contribution is 5.89. The Morgan fingerprint density at radius 3 is 2.50 bits per heavy atom. The van der Waals surface area contributed by atoms with Crippen molar-refractivity contribution in [3.63, 3.8) is 0 Å².